The predicted molar refractivity (Wildman–Crippen MR) is 88.2 cm³/mol. The second-order valence-corrected chi connectivity index (χ2v) is 9.52. The van der Waals surface area contributed by atoms with Crippen LogP contribution in [0.25, 0.3) is 0 Å². The van der Waals surface area contributed by atoms with Gasteiger partial charge in [-0.05, 0) is 43.2 Å². The van der Waals surface area contributed by atoms with Gasteiger partial charge in [-0.1, -0.05) is 20.8 Å². The summed E-state index contributed by atoms with van der Waals surface area (Å²) in [6.45, 7) is 9.57. The standard InChI is InChI=1S/C15H26N2O2S2/c1-5-15(6-7-15)10-17-21(18,19)14-8-12(4)13(20-14)9-16-11(2)3/h8,11,16-17H,5-7,9-10H2,1-4H3. The monoisotopic (exact) mass is 330 g/mol. The molecule has 0 aliphatic heterocycles. The molecular weight excluding hydrogens is 304 g/mol. The minimum Gasteiger partial charge on any atom is -0.310 e. The number of thiophene rings is 1. The summed E-state index contributed by atoms with van der Waals surface area (Å²) in [7, 11) is -3.36. The molecule has 0 aromatic carbocycles. The molecule has 0 radical (unpaired) electrons. The summed E-state index contributed by atoms with van der Waals surface area (Å²) in [5.74, 6) is 0. The smallest absolute Gasteiger partial charge is 0.250 e. The van der Waals surface area contributed by atoms with Crippen molar-refractivity contribution in [3.8, 4) is 0 Å². The molecule has 1 aliphatic rings. The van der Waals surface area contributed by atoms with Gasteiger partial charge in [0, 0.05) is 24.0 Å². The van der Waals surface area contributed by atoms with Crippen LogP contribution in [0.1, 0.15) is 50.5 Å². The Morgan fingerprint density at radius 2 is 2.05 bits per heavy atom. The molecule has 1 aromatic heterocycles. The highest BCUT2D eigenvalue weighted by atomic mass is 32.2. The fourth-order valence-corrected chi connectivity index (χ4v) is 4.99. The van der Waals surface area contributed by atoms with E-state index >= 15 is 0 Å². The van der Waals surface area contributed by atoms with E-state index < -0.39 is 10.0 Å². The van der Waals surface area contributed by atoms with E-state index in [9.17, 15) is 8.42 Å². The first-order valence-electron chi connectivity index (χ1n) is 7.60. The lowest BCUT2D eigenvalue weighted by Gasteiger charge is -2.12. The molecule has 120 valence electrons. The van der Waals surface area contributed by atoms with Gasteiger partial charge >= 0.3 is 0 Å². The molecule has 0 spiro atoms. The summed E-state index contributed by atoms with van der Waals surface area (Å²) in [5, 5.41) is 3.34. The number of aryl methyl sites for hydroxylation is 1. The Bertz CT molecular complexity index is 587. The number of sulfonamides is 1. The summed E-state index contributed by atoms with van der Waals surface area (Å²) in [6, 6.07) is 2.18. The molecule has 2 rings (SSSR count). The third-order valence-electron chi connectivity index (χ3n) is 4.28. The van der Waals surface area contributed by atoms with E-state index in [1.807, 2.05) is 6.92 Å². The summed E-state index contributed by atoms with van der Waals surface area (Å²) in [6.07, 6.45) is 3.32. The third-order valence-corrected chi connectivity index (χ3v) is 7.39. The molecule has 0 saturated heterocycles. The van der Waals surface area contributed by atoms with E-state index in [0.717, 1.165) is 36.2 Å². The van der Waals surface area contributed by atoms with Crippen molar-refractivity contribution in [2.24, 2.45) is 5.41 Å². The fourth-order valence-electron chi connectivity index (χ4n) is 2.24. The predicted octanol–water partition coefficient (Wildman–Crippen LogP) is 3.02. The highest BCUT2D eigenvalue weighted by Gasteiger charge is 2.41. The van der Waals surface area contributed by atoms with Crippen molar-refractivity contribution in [3.63, 3.8) is 0 Å². The van der Waals surface area contributed by atoms with Gasteiger partial charge in [-0.25, -0.2) is 13.1 Å². The Kier molecular flexibility index (Phi) is 5.13. The van der Waals surface area contributed by atoms with E-state index in [1.165, 1.54) is 11.3 Å². The van der Waals surface area contributed by atoms with E-state index in [-0.39, 0.29) is 5.41 Å². The van der Waals surface area contributed by atoms with Crippen LogP contribution in [0.3, 0.4) is 0 Å². The van der Waals surface area contributed by atoms with E-state index in [0.29, 0.717) is 16.8 Å². The maximum absolute atomic E-state index is 12.4. The molecule has 6 heteroatoms. The zero-order chi connectivity index (χ0) is 15.7. The first-order valence-corrected chi connectivity index (χ1v) is 9.90. The van der Waals surface area contributed by atoms with Gasteiger partial charge in [-0.3, -0.25) is 0 Å². The highest BCUT2D eigenvalue weighted by Crippen LogP contribution is 2.48. The molecule has 1 saturated carbocycles. The van der Waals surface area contributed by atoms with Crippen molar-refractivity contribution in [1.29, 1.82) is 0 Å². The van der Waals surface area contributed by atoms with E-state index in [2.05, 4.69) is 30.8 Å². The van der Waals surface area contributed by atoms with Gasteiger partial charge in [-0.15, -0.1) is 11.3 Å². The number of hydrogen-bond acceptors (Lipinski definition) is 4. The van der Waals surface area contributed by atoms with Crippen LogP contribution < -0.4 is 10.0 Å². The minimum absolute atomic E-state index is 0.224. The number of nitrogens with one attached hydrogen (secondary N) is 2. The molecule has 2 N–H and O–H groups in total. The van der Waals surface area contributed by atoms with Crippen molar-refractivity contribution >= 4 is 21.4 Å². The summed E-state index contributed by atoms with van der Waals surface area (Å²) in [5.41, 5.74) is 1.27. The normalized spacial score (nSPS) is 17.4. The zero-order valence-electron chi connectivity index (χ0n) is 13.3. The molecule has 21 heavy (non-hydrogen) atoms. The lowest BCUT2D eigenvalue weighted by Crippen LogP contribution is -2.29. The van der Waals surface area contributed by atoms with Crippen LogP contribution in [-0.2, 0) is 16.6 Å². The van der Waals surface area contributed by atoms with Gasteiger partial charge in [0.05, 0.1) is 0 Å². The Hall–Kier alpha value is -0.430. The van der Waals surface area contributed by atoms with Crippen molar-refractivity contribution in [2.75, 3.05) is 6.54 Å². The van der Waals surface area contributed by atoms with Crippen LogP contribution in [0.5, 0.6) is 0 Å². The molecule has 1 aromatic rings. The molecule has 1 aliphatic carbocycles. The molecule has 0 atom stereocenters. The lowest BCUT2D eigenvalue weighted by molar-refractivity contribution is 0.476. The summed E-state index contributed by atoms with van der Waals surface area (Å²) >= 11 is 1.37. The fraction of sp³-hybridized carbons (Fsp3) is 0.733. The molecule has 1 heterocycles. The Morgan fingerprint density at radius 1 is 1.38 bits per heavy atom. The van der Waals surface area contributed by atoms with Crippen LogP contribution >= 0.6 is 11.3 Å². The van der Waals surface area contributed by atoms with Crippen LogP contribution in [0.2, 0.25) is 0 Å². The van der Waals surface area contributed by atoms with Crippen molar-refractivity contribution in [3.05, 3.63) is 16.5 Å². The molecule has 0 amide bonds. The van der Waals surface area contributed by atoms with Crippen molar-refractivity contribution < 1.29 is 8.42 Å². The van der Waals surface area contributed by atoms with Gasteiger partial charge < -0.3 is 5.32 Å². The Balaban J connectivity index is 2.04. The lowest BCUT2D eigenvalue weighted by atomic mass is 10.1. The zero-order valence-corrected chi connectivity index (χ0v) is 15.0. The second-order valence-electron chi connectivity index (χ2n) is 6.39. The molecule has 0 bridgehead atoms. The van der Waals surface area contributed by atoms with Crippen LogP contribution in [-0.4, -0.2) is 21.0 Å². The van der Waals surface area contributed by atoms with Crippen LogP contribution in [0, 0.1) is 12.3 Å². The molecular formula is C15H26N2O2S2. The number of hydrogen-bond donors (Lipinski definition) is 2. The summed E-state index contributed by atoms with van der Waals surface area (Å²) < 4.78 is 28.0. The van der Waals surface area contributed by atoms with Gasteiger partial charge in [0.2, 0.25) is 10.0 Å². The van der Waals surface area contributed by atoms with Crippen LogP contribution in [0.15, 0.2) is 10.3 Å². The highest BCUT2D eigenvalue weighted by molar-refractivity contribution is 7.91. The van der Waals surface area contributed by atoms with Gasteiger partial charge in [0.1, 0.15) is 4.21 Å². The SMILES string of the molecule is CCC1(CNS(=O)(=O)c2cc(C)c(CNC(C)C)s2)CC1. The first kappa shape index (κ1) is 16.9. The summed E-state index contributed by atoms with van der Waals surface area (Å²) in [4.78, 5) is 1.10. The van der Waals surface area contributed by atoms with E-state index in [1.54, 1.807) is 6.07 Å². The van der Waals surface area contributed by atoms with Gasteiger partial charge in [0.25, 0.3) is 0 Å². The number of rotatable bonds is 8. The minimum atomic E-state index is -3.36. The van der Waals surface area contributed by atoms with E-state index in [4.69, 9.17) is 0 Å². The largest absolute Gasteiger partial charge is 0.310 e. The quantitative estimate of drug-likeness (QED) is 0.770. The maximum Gasteiger partial charge on any atom is 0.250 e. The Morgan fingerprint density at radius 3 is 2.57 bits per heavy atom. The van der Waals surface area contributed by atoms with Crippen LogP contribution in [0.4, 0.5) is 0 Å². The van der Waals surface area contributed by atoms with Gasteiger partial charge in [-0.2, -0.15) is 0 Å². The van der Waals surface area contributed by atoms with Crippen molar-refractivity contribution in [2.45, 2.75) is 63.8 Å². The topological polar surface area (TPSA) is 58.2 Å². The first-order chi connectivity index (χ1) is 9.78. The average molecular weight is 331 g/mol. The van der Waals surface area contributed by atoms with Crippen molar-refractivity contribution in [1.82, 2.24) is 10.0 Å². The second kappa shape index (κ2) is 6.36. The average Bonchev–Trinajstić information content (AvgIpc) is 3.11. The third kappa shape index (κ3) is 4.28. The van der Waals surface area contributed by atoms with Gasteiger partial charge in [0.15, 0.2) is 0 Å². The maximum atomic E-state index is 12.4. The Labute approximate surface area is 132 Å². The molecule has 4 nitrogen and oxygen atoms in total. The molecule has 0 unspecified atom stereocenters. The molecule has 1 fully saturated rings.